The second-order valence-corrected chi connectivity index (χ2v) is 3.28. The van der Waals surface area contributed by atoms with Gasteiger partial charge in [-0.2, -0.15) is 0 Å². The van der Waals surface area contributed by atoms with Crippen LogP contribution in [-0.4, -0.2) is 5.91 Å². The van der Waals surface area contributed by atoms with E-state index in [2.05, 4.69) is 6.92 Å². The van der Waals surface area contributed by atoms with Crippen LogP contribution in [0.3, 0.4) is 0 Å². The van der Waals surface area contributed by atoms with Crippen molar-refractivity contribution in [2.45, 2.75) is 32.6 Å². The summed E-state index contributed by atoms with van der Waals surface area (Å²) in [5.41, 5.74) is 5.05. The fourth-order valence-electron chi connectivity index (χ4n) is 1.66. The average molecular weight is 141 g/mol. The molecule has 1 saturated carbocycles. The molecule has 1 aliphatic rings. The summed E-state index contributed by atoms with van der Waals surface area (Å²) in [6, 6.07) is 0. The maximum absolute atomic E-state index is 10.4. The Labute approximate surface area is 61.8 Å². The normalized spacial score (nSPS) is 31.3. The number of rotatable bonds is 3. The van der Waals surface area contributed by atoms with Crippen LogP contribution in [0, 0.1) is 11.8 Å². The molecule has 0 heterocycles. The molecule has 58 valence electrons. The molecule has 10 heavy (non-hydrogen) atoms. The third kappa shape index (κ3) is 1.72. The summed E-state index contributed by atoms with van der Waals surface area (Å²) in [7, 11) is 0. The Bertz CT molecular complexity index is 127. The van der Waals surface area contributed by atoms with Gasteiger partial charge in [-0.15, -0.1) is 0 Å². The lowest BCUT2D eigenvalue weighted by Gasteiger charge is -2.33. The van der Waals surface area contributed by atoms with Gasteiger partial charge in [-0.25, -0.2) is 0 Å². The van der Waals surface area contributed by atoms with E-state index in [0.29, 0.717) is 12.3 Å². The highest BCUT2D eigenvalue weighted by atomic mass is 16.1. The van der Waals surface area contributed by atoms with E-state index in [-0.39, 0.29) is 5.91 Å². The summed E-state index contributed by atoms with van der Waals surface area (Å²) in [5.74, 6) is 1.35. The van der Waals surface area contributed by atoms with Crippen molar-refractivity contribution in [3.8, 4) is 0 Å². The first-order chi connectivity index (χ1) is 4.72. The second kappa shape index (κ2) is 3.04. The number of carbonyl (C=O) groups excluding carboxylic acids is 1. The van der Waals surface area contributed by atoms with Crippen molar-refractivity contribution in [3.05, 3.63) is 0 Å². The van der Waals surface area contributed by atoms with Gasteiger partial charge in [0.25, 0.3) is 0 Å². The summed E-state index contributed by atoms with van der Waals surface area (Å²) in [5, 5.41) is 0. The third-order valence-corrected chi connectivity index (χ3v) is 2.40. The highest BCUT2D eigenvalue weighted by Crippen LogP contribution is 2.37. The van der Waals surface area contributed by atoms with Crippen LogP contribution in [0.25, 0.3) is 0 Å². The van der Waals surface area contributed by atoms with Gasteiger partial charge in [0, 0.05) is 6.42 Å². The van der Waals surface area contributed by atoms with Gasteiger partial charge in [-0.3, -0.25) is 4.79 Å². The fourth-order valence-corrected chi connectivity index (χ4v) is 1.66. The average Bonchev–Trinajstić information content (AvgIpc) is 1.76. The quantitative estimate of drug-likeness (QED) is 0.632. The number of amides is 1. The molecule has 1 fully saturated rings. The predicted molar refractivity (Wildman–Crippen MR) is 40.3 cm³/mol. The number of carbonyl (C=O) groups is 1. The molecule has 0 spiro atoms. The molecule has 0 aliphatic heterocycles. The van der Waals surface area contributed by atoms with Crippen molar-refractivity contribution in [1.29, 1.82) is 0 Å². The molecule has 2 heteroatoms. The van der Waals surface area contributed by atoms with E-state index in [9.17, 15) is 4.79 Å². The van der Waals surface area contributed by atoms with Gasteiger partial charge < -0.3 is 5.73 Å². The lowest BCUT2D eigenvalue weighted by atomic mass is 9.72. The van der Waals surface area contributed by atoms with Crippen molar-refractivity contribution in [2.24, 2.45) is 17.6 Å². The van der Waals surface area contributed by atoms with E-state index in [1.807, 2.05) is 0 Å². The third-order valence-electron chi connectivity index (χ3n) is 2.40. The molecule has 0 atom stereocenters. The number of nitrogens with two attached hydrogens (primary N) is 1. The monoisotopic (exact) mass is 141 g/mol. The Morgan fingerprint density at radius 1 is 1.50 bits per heavy atom. The van der Waals surface area contributed by atoms with Gasteiger partial charge >= 0.3 is 0 Å². The molecule has 1 amide bonds. The van der Waals surface area contributed by atoms with Crippen molar-refractivity contribution in [2.75, 3.05) is 0 Å². The molecule has 2 nitrogen and oxygen atoms in total. The summed E-state index contributed by atoms with van der Waals surface area (Å²) < 4.78 is 0. The molecule has 0 bridgehead atoms. The minimum absolute atomic E-state index is 0.139. The van der Waals surface area contributed by atoms with Crippen LogP contribution in [0.2, 0.25) is 0 Å². The zero-order valence-corrected chi connectivity index (χ0v) is 6.47. The van der Waals surface area contributed by atoms with E-state index in [1.54, 1.807) is 0 Å². The van der Waals surface area contributed by atoms with Crippen LogP contribution in [0.15, 0.2) is 0 Å². The Hall–Kier alpha value is -0.530. The van der Waals surface area contributed by atoms with Crippen LogP contribution in [0.5, 0.6) is 0 Å². The lowest BCUT2D eigenvalue weighted by molar-refractivity contribution is -0.119. The number of primary amides is 1. The summed E-state index contributed by atoms with van der Waals surface area (Å²) in [6.07, 6.45) is 4.31. The first-order valence-electron chi connectivity index (χ1n) is 4.00. The number of hydrogen-bond donors (Lipinski definition) is 1. The van der Waals surface area contributed by atoms with Gasteiger partial charge in [-0.1, -0.05) is 13.3 Å². The van der Waals surface area contributed by atoms with Crippen LogP contribution in [0.1, 0.15) is 32.6 Å². The van der Waals surface area contributed by atoms with Gasteiger partial charge in [-0.05, 0) is 24.7 Å². The molecule has 0 aromatic carbocycles. The maximum atomic E-state index is 10.4. The van der Waals surface area contributed by atoms with E-state index in [1.165, 1.54) is 19.3 Å². The highest BCUT2D eigenvalue weighted by molar-refractivity contribution is 5.74. The highest BCUT2D eigenvalue weighted by Gasteiger charge is 2.28. The van der Waals surface area contributed by atoms with E-state index >= 15 is 0 Å². The molecule has 0 aromatic heterocycles. The molecule has 0 radical (unpaired) electrons. The molecular weight excluding hydrogens is 126 g/mol. The van der Waals surface area contributed by atoms with Gasteiger partial charge in [0.05, 0.1) is 0 Å². The second-order valence-electron chi connectivity index (χ2n) is 3.28. The largest absolute Gasteiger partial charge is 0.370 e. The van der Waals surface area contributed by atoms with Crippen LogP contribution < -0.4 is 5.73 Å². The van der Waals surface area contributed by atoms with Crippen LogP contribution >= 0.6 is 0 Å². The molecule has 0 aromatic rings. The van der Waals surface area contributed by atoms with Crippen molar-refractivity contribution in [3.63, 3.8) is 0 Å². The topological polar surface area (TPSA) is 43.1 Å². The molecule has 0 unspecified atom stereocenters. The minimum Gasteiger partial charge on any atom is -0.370 e. The lowest BCUT2D eigenvalue weighted by Crippen LogP contribution is -2.27. The van der Waals surface area contributed by atoms with E-state index in [0.717, 1.165) is 5.92 Å². The Kier molecular flexibility index (Phi) is 2.30. The van der Waals surface area contributed by atoms with Crippen molar-refractivity contribution in [1.82, 2.24) is 0 Å². The summed E-state index contributed by atoms with van der Waals surface area (Å²) in [4.78, 5) is 10.4. The van der Waals surface area contributed by atoms with Crippen LogP contribution in [-0.2, 0) is 4.79 Å². The van der Waals surface area contributed by atoms with Gasteiger partial charge in [0.15, 0.2) is 0 Å². The smallest absolute Gasteiger partial charge is 0.217 e. The molecule has 1 rings (SSSR count). The van der Waals surface area contributed by atoms with Crippen molar-refractivity contribution >= 4 is 5.91 Å². The summed E-state index contributed by atoms with van der Waals surface area (Å²) in [6.45, 7) is 2.20. The Morgan fingerprint density at radius 3 is 2.50 bits per heavy atom. The summed E-state index contributed by atoms with van der Waals surface area (Å²) >= 11 is 0. The Balaban J connectivity index is 2.08. The van der Waals surface area contributed by atoms with Gasteiger partial charge in [0.1, 0.15) is 0 Å². The molecule has 0 saturated heterocycles. The first-order valence-corrected chi connectivity index (χ1v) is 4.00. The zero-order valence-electron chi connectivity index (χ0n) is 6.47. The Morgan fingerprint density at radius 2 is 2.10 bits per heavy atom. The maximum Gasteiger partial charge on any atom is 0.217 e. The van der Waals surface area contributed by atoms with Crippen molar-refractivity contribution < 1.29 is 4.79 Å². The fraction of sp³-hybridized carbons (Fsp3) is 0.875. The van der Waals surface area contributed by atoms with E-state index in [4.69, 9.17) is 5.73 Å². The molecular formula is C8H15NO. The molecule has 2 N–H and O–H groups in total. The standard InChI is InChI=1S/C8H15NO/c1-2-6-3-7(4-6)5-8(9)10/h6-7H,2-5H2,1H3,(H2,9,10). The molecule has 1 aliphatic carbocycles. The zero-order chi connectivity index (χ0) is 7.56. The first kappa shape index (κ1) is 7.58. The number of hydrogen-bond acceptors (Lipinski definition) is 1. The van der Waals surface area contributed by atoms with Gasteiger partial charge in [0.2, 0.25) is 5.91 Å². The predicted octanol–water partition coefficient (Wildman–Crippen LogP) is 1.30. The van der Waals surface area contributed by atoms with Crippen LogP contribution in [0.4, 0.5) is 0 Å². The SMILES string of the molecule is CCC1CC(CC(N)=O)C1. The minimum atomic E-state index is -0.139. The van der Waals surface area contributed by atoms with E-state index < -0.39 is 0 Å².